The standard InChI is InChI=1S/C25H33F3N4O6/c1-14(2)19(20(33)25(26,27)28)32-12-8-11-18(32)23(36)31-22(35)15(3)29-21(34)16(4)30-24(37)38-13-17-9-6-5-7-10-17/h5-7,9-10,14-16,18-19H,8,11-13H2,1-4H3,(H,29,34)(H,30,37)(H,31,35,36)/t15-,16-,18-,19?/m0/s1. The first-order valence-corrected chi connectivity index (χ1v) is 12.2. The Morgan fingerprint density at radius 2 is 1.58 bits per heavy atom. The predicted octanol–water partition coefficient (Wildman–Crippen LogP) is 2.07. The zero-order chi connectivity index (χ0) is 28.6. The van der Waals surface area contributed by atoms with E-state index in [9.17, 15) is 37.1 Å². The van der Waals surface area contributed by atoms with Gasteiger partial charge in [-0.2, -0.15) is 13.2 Å². The van der Waals surface area contributed by atoms with Crippen LogP contribution in [0, 0.1) is 5.92 Å². The zero-order valence-electron chi connectivity index (χ0n) is 21.6. The fraction of sp³-hybridized carbons (Fsp3) is 0.560. The number of alkyl halides is 3. The van der Waals surface area contributed by atoms with E-state index in [1.807, 2.05) is 6.07 Å². The van der Waals surface area contributed by atoms with Gasteiger partial charge < -0.3 is 15.4 Å². The van der Waals surface area contributed by atoms with Gasteiger partial charge in [0.15, 0.2) is 0 Å². The molecule has 0 radical (unpaired) electrons. The molecule has 1 aliphatic heterocycles. The van der Waals surface area contributed by atoms with Crippen molar-refractivity contribution in [2.45, 2.75) is 77.5 Å². The van der Waals surface area contributed by atoms with Crippen molar-refractivity contribution >= 4 is 29.6 Å². The van der Waals surface area contributed by atoms with Crippen molar-refractivity contribution in [3.63, 3.8) is 0 Å². The molecule has 1 fully saturated rings. The number of imide groups is 1. The minimum Gasteiger partial charge on any atom is -0.445 e. The molecule has 1 aromatic carbocycles. The summed E-state index contributed by atoms with van der Waals surface area (Å²) in [5.41, 5.74) is 0.748. The van der Waals surface area contributed by atoms with Crippen LogP contribution in [-0.4, -0.2) is 71.4 Å². The van der Waals surface area contributed by atoms with E-state index in [1.54, 1.807) is 24.3 Å². The van der Waals surface area contributed by atoms with Gasteiger partial charge in [0.25, 0.3) is 5.78 Å². The Morgan fingerprint density at radius 3 is 2.16 bits per heavy atom. The fourth-order valence-electron chi connectivity index (χ4n) is 4.13. The van der Waals surface area contributed by atoms with Crippen LogP contribution in [0.25, 0.3) is 0 Å². The molecule has 1 heterocycles. The first-order chi connectivity index (χ1) is 17.7. The van der Waals surface area contributed by atoms with Gasteiger partial charge in [-0.25, -0.2) is 4.79 Å². The number of halogens is 3. The van der Waals surface area contributed by atoms with Crippen molar-refractivity contribution in [1.29, 1.82) is 0 Å². The van der Waals surface area contributed by atoms with Crippen molar-refractivity contribution in [2.75, 3.05) is 6.54 Å². The van der Waals surface area contributed by atoms with Crippen LogP contribution in [0.15, 0.2) is 30.3 Å². The second-order valence-electron chi connectivity index (χ2n) is 9.46. The Morgan fingerprint density at radius 1 is 0.974 bits per heavy atom. The van der Waals surface area contributed by atoms with Gasteiger partial charge in [0.05, 0.1) is 12.1 Å². The summed E-state index contributed by atoms with van der Waals surface area (Å²) in [6, 6.07) is 3.92. The number of ether oxygens (including phenoxy) is 1. The van der Waals surface area contributed by atoms with Gasteiger partial charge in [-0.05, 0) is 44.7 Å². The molecule has 1 saturated heterocycles. The number of likely N-dealkylation sites (tertiary alicyclic amines) is 1. The Hall–Kier alpha value is -3.48. The SMILES string of the molecule is CC(C)C(C(=O)C(F)(F)F)N1CCC[C@H]1C(=O)NC(=O)[C@H](C)NC(=O)[C@H](C)NC(=O)OCc1ccccc1. The molecule has 0 aromatic heterocycles. The highest BCUT2D eigenvalue weighted by atomic mass is 19.4. The van der Waals surface area contributed by atoms with Gasteiger partial charge in [-0.15, -0.1) is 0 Å². The summed E-state index contributed by atoms with van der Waals surface area (Å²) in [5, 5.41) is 6.79. The molecule has 10 nitrogen and oxygen atoms in total. The van der Waals surface area contributed by atoms with Crippen molar-refractivity contribution in [2.24, 2.45) is 5.92 Å². The van der Waals surface area contributed by atoms with Crippen molar-refractivity contribution in [3.05, 3.63) is 35.9 Å². The van der Waals surface area contributed by atoms with E-state index in [2.05, 4.69) is 16.0 Å². The minimum atomic E-state index is -5.06. The number of carbonyl (C=O) groups excluding carboxylic acids is 5. The average molecular weight is 543 g/mol. The van der Waals surface area contributed by atoms with E-state index in [0.29, 0.717) is 6.42 Å². The minimum absolute atomic E-state index is 0.00759. The number of carbonyl (C=O) groups is 5. The van der Waals surface area contributed by atoms with Gasteiger partial charge in [-0.1, -0.05) is 44.2 Å². The molecular weight excluding hydrogens is 509 g/mol. The highest BCUT2D eigenvalue weighted by molar-refractivity contribution is 6.02. The Labute approximate surface area is 218 Å². The summed E-state index contributed by atoms with van der Waals surface area (Å²) in [6.45, 7) is 5.67. The van der Waals surface area contributed by atoms with E-state index in [0.717, 1.165) is 5.56 Å². The molecular formula is C25H33F3N4O6. The highest BCUT2D eigenvalue weighted by Crippen LogP contribution is 2.30. The monoisotopic (exact) mass is 542 g/mol. The van der Waals surface area contributed by atoms with E-state index < -0.39 is 65.9 Å². The number of Topliss-reactive ketones (excluding diaryl/α,β-unsaturated/α-hetero) is 1. The predicted molar refractivity (Wildman–Crippen MR) is 129 cm³/mol. The number of nitrogens with zero attached hydrogens (tertiary/aromatic N) is 1. The van der Waals surface area contributed by atoms with Crippen LogP contribution >= 0.6 is 0 Å². The summed E-state index contributed by atoms with van der Waals surface area (Å²) in [7, 11) is 0. The zero-order valence-corrected chi connectivity index (χ0v) is 21.6. The number of hydrogen-bond donors (Lipinski definition) is 3. The summed E-state index contributed by atoms with van der Waals surface area (Å²) in [5.74, 6) is -5.14. The number of benzene rings is 1. The summed E-state index contributed by atoms with van der Waals surface area (Å²) in [6.07, 6.45) is -5.37. The number of alkyl carbamates (subject to hydrolysis) is 1. The normalized spacial score (nSPS) is 18.3. The van der Waals surface area contributed by atoms with Crippen LogP contribution in [-0.2, 0) is 30.5 Å². The quantitative estimate of drug-likeness (QED) is 0.412. The smallest absolute Gasteiger partial charge is 0.445 e. The van der Waals surface area contributed by atoms with E-state index in [4.69, 9.17) is 4.74 Å². The Kier molecular flexibility index (Phi) is 10.8. The molecule has 38 heavy (non-hydrogen) atoms. The van der Waals surface area contributed by atoms with E-state index in [1.165, 1.54) is 32.6 Å². The first kappa shape index (κ1) is 30.7. The van der Waals surface area contributed by atoms with Crippen LogP contribution in [0.2, 0.25) is 0 Å². The molecule has 1 aliphatic rings. The maximum absolute atomic E-state index is 13.1. The molecule has 1 unspecified atom stereocenters. The van der Waals surface area contributed by atoms with Crippen LogP contribution < -0.4 is 16.0 Å². The first-order valence-electron chi connectivity index (χ1n) is 12.2. The lowest BCUT2D eigenvalue weighted by Gasteiger charge is -2.34. The van der Waals surface area contributed by atoms with Crippen molar-refractivity contribution in [3.8, 4) is 0 Å². The van der Waals surface area contributed by atoms with Gasteiger partial charge in [0.1, 0.15) is 18.7 Å². The third-order valence-corrected chi connectivity index (χ3v) is 6.07. The molecule has 4 atom stereocenters. The van der Waals surface area contributed by atoms with E-state index in [-0.39, 0.29) is 19.6 Å². The van der Waals surface area contributed by atoms with Crippen molar-refractivity contribution < 1.29 is 41.9 Å². The van der Waals surface area contributed by atoms with Gasteiger partial charge in [-0.3, -0.25) is 29.4 Å². The Bertz CT molecular complexity index is 1020. The maximum Gasteiger partial charge on any atom is 0.451 e. The van der Waals surface area contributed by atoms with Gasteiger partial charge in [0.2, 0.25) is 17.7 Å². The molecule has 210 valence electrons. The summed E-state index contributed by atoms with van der Waals surface area (Å²) in [4.78, 5) is 62.8. The topological polar surface area (TPSA) is 134 Å². The maximum atomic E-state index is 13.1. The molecule has 4 amide bonds. The summed E-state index contributed by atoms with van der Waals surface area (Å²) >= 11 is 0. The van der Waals surface area contributed by atoms with Crippen LogP contribution in [0.3, 0.4) is 0 Å². The number of ketones is 1. The third kappa shape index (κ3) is 8.54. The number of amides is 4. The van der Waals surface area contributed by atoms with Gasteiger partial charge in [0, 0.05) is 0 Å². The lowest BCUT2D eigenvalue weighted by molar-refractivity contribution is -0.179. The Balaban J connectivity index is 1.89. The molecule has 0 bridgehead atoms. The molecule has 0 saturated carbocycles. The van der Waals surface area contributed by atoms with Gasteiger partial charge >= 0.3 is 12.3 Å². The molecule has 0 spiro atoms. The second kappa shape index (κ2) is 13.4. The lowest BCUT2D eigenvalue weighted by Crippen LogP contribution is -2.57. The average Bonchev–Trinajstić information content (AvgIpc) is 3.32. The van der Waals surface area contributed by atoms with Crippen LogP contribution in [0.5, 0.6) is 0 Å². The number of nitrogens with one attached hydrogen (secondary N) is 3. The molecule has 2 rings (SSSR count). The largest absolute Gasteiger partial charge is 0.451 e. The van der Waals surface area contributed by atoms with Crippen LogP contribution in [0.4, 0.5) is 18.0 Å². The molecule has 3 N–H and O–H groups in total. The molecule has 1 aromatic rings. The lowest BCUT2D eigenvalue weighted by atomic mass is 9.96. The molecule has 0 aliphatic carbocycles. The third-order valence-electron chi connectivity index (χ3n) is 6.07. The molecule has 13 heteroatoms. The van der Waals surface area contributed by atoms with Crippen LogP contribution in [0.1, 0.15) is 46.1 Å². The van der Waals surface area contributed by atoms with Crippen molar-refractivity contribution in [1.82, 2.24) is 20.9 Å². The summed E-state index contributed by atoms with van der Waals surface area (Å²) < 4.78 is 44.5. The number of rotatable bonds is 10. The van der Waals surface area contributed by atoms with E-state index >= 15 is 0 Å². The second-order valence-corrected chi connectivity index (χ2v) is 9.46. The fourth-order valence-corrected chi connectivity index (χ4v) is 4.13. The highest BCUT2D eigenvalue weighted by Gasteiger charge is 2.50. The number of hydrogen-bond acceptors (Lipinski definition) is 7.